The number of nitrogens with zero attached hydrogens (tertiary/aromatic N) is 1. The number of carbonyl (C=O) groups excluding carboxylic acids is 1. The fraction of sp³-hybridized carbons (Fsp3) is 0.350. The van der Waals surface area contributed by atoms with E-state index in [9.17, 15) is 4.79 Å². The summed E-state index contributed by atoms with van der Waals surface area (Å²) >= 11 is 0. The van der Waals surface area contributed by atoms with Gasteiger partial charge < -0.3 is 20.3 Å². The van der Waals surface area contributed by atoms with Crippen molar-refractivity contribution in [2.24, 2.45) is 0 Å². The maximum absolute atomic E-state index is 12.0. The average Bonchev–Trinajstić information content (AvgIpc) is 2.94. The first-order valence-electron chi connectivity index (χ1n) is 8.71. The van der Waals surface area contributed by atoms with Crippen molar-refractivity contribution in [3.63, 3.8) is 0 Å². The Morgan fingerprint density at radius 2 is 2.08 bits per heavy atom. The van der Waals surface area contributed by atoms with Crippen LogP contribution in [-0.2, 0) is 6.42 Å². The number of methoxy groups -OCH3 is 1. The van der Waals surface area contributed by atoms with Gasteiger partial charge in [-0.25, -0.2) is 4.79 Å². The van der Waals surface area contributed by atoms with Crippen LogP contribution in [0, 0.1) is 0 Å². The lowest BCUT2D eigenvalue weighted by atomic mass is 10.1. The third-order valence-electron chi connectivity index (χ3n) is 4.54. The molecule has 0 saturated heterocycles. The molecule has 1 atom stereocenters. The van der Waals surface area contributed by atoms with Crippen LogP contribution in [0.4, 0.5) is 16.2 Å². The van der Waals surface area contributed by atoms with E-state index >= 15 is 0 Å². The topological polar surface area (TPSA) is 53.6 Å². The van der Waals surface area contributed by atoms with Crippen molar-refractivity contribution in [2.45, 2.75) is 25.8 Å². The van der Waals surface area contributed by atoms with Crippen LogP contribution in [0.5, 0.6) is 5.75 Å². The van der Waals surface area contributed by atoms with Crippen LogP contribution in [0.1, 0.15) is 18.9 Å². The second kappa shape index (κ2) is 7.92. The summed E-state index contributed by atoms with van der Waals surface area (Å²) in [6.45, 7) is 3.84. The highest BCUT2D eigenvalue weighted by Crippen LogP contribution is 2.31. The summed E-state index contributed by atoms with van der Waals surface area (Å²) in [6, 6.07) is 16.2. The zero-order valence-electron chi connectivity index (χ0n) is 14.8. The molecule has 0 fully saturated rings. The number of hydrogen-bond acceptors (Lipinski definition) is 3. The van der Waals surface area contributed by atoms with Crippen LogP contribution >= 0.6 is 0 Å². The normalized spacial score (nSPS) is 15.6. The number of fused-ring (bicyclic) bond motifs is 1. The molecule has 0 unspecified atom stereocenters. The van der Waals surface area contributed by atoms with Gasteiger partial charge in [0.05, 0.1) is 7.11 Å². The van der Waals surface area contributed by atoms with Crippen LogP contribution in [0.25, 0.3) is 0 Å². The molecule has 2 aromatic carbocycles. The molecule has 25 heavy (non-hydrogen) atoms. The first kappa shape index (κ1) is 17.1. The highest BCUT2D eigenvalue weighted by atomic mass is 16.5. The predicted molar refractivity (Wildman–Crippen MR) is 102 cm³/mol. The van der Waals surface area contributed by atoms with Crippen molar-refractivity contribution < 1.29 is 9.53 Å². The van der Waals surface area contributed by atoms with E-state index < -0.39 is 0 Å². The number of rotatable bonds is 6. The van der Waals surface area contributed by atoms with E-state index in [1.807, 2.05) is 18.2 Å². The summed E-state index contributed by atoms with van der Waals surface area (Å²) in [5, 5.41) is 5.74. The van der Waals surface area contributed by atoms with Gasteiger partial charge in [-0.2, -0.15) is 0 Å². The van der Waals surface area contributed by atoms with Gasteiger partial charge >= 0.3 is 6.03 Å². The minimum atomic E-state index is -0.192. The zero-order valence-corrected chi connectivity index (χ0v) is 14.8. The zero-order chi connectivity index (χ0) is 17.6. The van der Waals surface area contributed by atoms with Crippen molar-refractivity contribution in [1.29, 1.82) is 0 Å². The number of ether oxygens (including phenoxy) is 1. The predicted octanol–water partition coefficient (Wildman–Crippen LogP) is 3.66. The van der Waals surface area contributed by atoms with E-state index in [1.165, 1.54) is 11.3 Å². The molecule has 2 N–H and O–H groups in total. The molecule has 132 valence electrons. The van der Waals surface area contributed by atoms with Crippen LogP contribution in [0.3, 0.4) is 0 Å². The van der Waals surface area contributed by atoms with E-state index in [-0.39, 0.29) is 6.03 Å². The molecular formula is C20H25N3O2. The number of hydrogen-bond donors (Lipinski definition) is 2. The van der Waals surface area contributed by atoms with E-state index in [0.29, 0.717) is 12.6 Å². The molecule has 0 bridgehead atoms. The van der Waals surface area contributed by atoms with E-state index in [1.54, 1.807) is 13.2 Å². The molecule has 2 amide bonds. The fourth-order valence-electron chi connectivity index (χ4n) is 3.30. The summed E-state index contributed by atoms with van der Waals surface area (Å²) in [6.07, 6.45) is 2.00. The number of nitrogens with one attached hydrogen (secondary N) is 2. The van der Waals surface area contributed by atoms with Gasteiger partial charge in [-0.3, -0.25) is 0 Å². The van der Waals surface area contributed by atoms with Gasteiger partial charge in [0.2, 0.25) is 0 Å². The first-order chi connectivity index (χ1) is 12.2. The van der Waals surface area contributed by atoms with Crippen LogP contribution in [0.15, 0.2) is 48.5 Å². The van der Waals surface area contributed by atoms with Gasteiger partial charge in [0.15, 0.2) is 0 Å². The van der Waals surface area contributed by atoms with Gasteiger partial charge in [-0.05, 0) is 43.5 Å². The molecule has 5 heteroatoms. The Morgan fingerprint density at radius 3 is 2.92 bits per heavy atom. The summed E-state index contributed by atoms with van der Waals surface area (Å²) in [4.78, 5) is 14.4. The molecule has 2 aromatic rings. The molecule has 3 rings (SSSR count). The third kappa shape index (κ3) is 4.24. The van der Waals surface area contributed by atoms with Crippen LogP contribution in [0.2, 0.25) is 0 Å². The third-order valence-corrected chi connectivity index (χ3v) is 4.54. The van der Waals surface area contributed by atoms with Gasteiger partial charge in [0.1, 0.15) is 5.75 Å². The monoisotopic (exact) mass is 339 g/mol. The Labute approximate surface area is 149 Å². The van der Waals surface area contributed by atoms with E-state index in [4.69, 9.17) is 4.74 Å². The Morgan fingerprint density at radius 1 is 1.24 bits per heavy atom. The van der Waals surface area contributed by atoms with Gasteiger partial charge in [-0.1, -0.05) is 24.3 Å². The second-order valence-corrected chi connectivity index (χ2v) is 6.34. The molecule has 1 aliphatic rings. The second-order valence-electron chi connectivity index (χ2n) is 6.34. The van der Waals surface area contributed by atoms with Gasteiger partial charge in [0, 0.05) is 36.6 Å². The minimum Gasteiger partial charge on any atom is -0.497 e. The largest absolute Gasteiger partial charge is 0.497 e. The Balaban J connectivity index is 1.43. The molecule has 0 saturated carbocycles. The summed E-state index contributed by atoms with van der Waals surface area (Å²) in [7, 11) is 1.61. The number of urea groups is 1. The van der Waals surface area contributed by atoms with Crippen molar-refractivity contribution >= 4 is 17.4 Å². The molecule has 1 aliphatic heterocycles. The molecule has 0 aromatic heterocycles. The average molecular weight is 339 g/mol. The first-order valence-corrected chi connectivity index (χ1v) is 8.71. The molecule has 0 spiro atoms. The highest BCUT2D eigenvalue weighted by molar-refractivity contribution is 5.89. The Kier molecular flexibility index (Phi) is 5.43. The number of anilines is 2. The van der Waals surface area contributed by atoms with Crippen LogP contribution in [-0.4, -0.2) is 32.3 Å². The Hall–Kier alpha value is -2.69. The fourth-order valence-corrected chi connectivity index (χ4v) is 3.30. The van der Waals surface area contributed by atoms with Crippen molar-refractivity contribution in [3.8, 4) is 5.75 Å². The molecule has 1 heterocycles. The standard InChI is InChI=1S/C20H25N3O2/c1-15-13-16-7-3-4-10-19(16)23(15)12-6-11-21-20(24)22-17-8-5-9-18(14-17)25-2/h3-5,7-10,14-15H,6,11-13H2,1-2H3,(H2,21,22,24)/t15-/m1/s1. The summed E-state index contributed by atoms with van der Waals surface area (Å²) in [5.74, 6) is 0.722. The lowest BCUT2D eigenvalue weighted by Crippen LogP contribution is -2.34. The Bertz CT molecular complexity index is 732. The maximum Gasteiger partial charge on any atom is 0.319 e. The quantitative estimate of drug-likeness (QED) is 0.790. The maximum atomic E-state index is 12.0. The van der Waals surface area contributed by atoms with Crippen molar-refractivity contribution in [3.05, 3.63) is 54.1 Å². The molecular weight excluding hydrogens is 314 g/mol. The molecule has 0 radical (unpaired) electrons. The SMILES string of the molecule is COc1cccc(NC(=O)NCCCN2c3ccccc3C[C@H]2C)c1. The van der Waals surface area contributed by atoms with Gasteiger partial charge in [0.25, 0.3) is 0 Å². The number of benzene rings is 2. The van der Waals surface area contributed by atoms with Crippen LogP contribution < -0.4 is 20.3 Å². The number of amides is 2. The molecule has 5 nitrogen and oxygen atoms in total. The number of para-hydroxylation sites is 1. The highest BCUT2D eigenvalue weighted by Gasteiger charge is 2.24. The minimum absolute atomic E-state index is 0.192. The van der Waals surface area contributed by atoms with Gasteiger partial charge in [-0.15, -0.1) is 0 Å². The lowest BCUT2D eigenvalue weighted by Gasteiger charge is -2.24. The summed E-state index contributed by atoms with van der Waals surface area (Å²) in [5.41, 5.74) is 3.47. The molecule has 0 aliphatic carbocycles. The van der Waals surface area contributed by atoms with Crippen molar-refractivity contribution in [2.75, 3.05) is 30.4 Å². The van der Waals surface area contributed by atoms with E-state index in [2.05, 4.69) is 46.7 Å². The smallest absolute Gasteiger partial charge is 0.319 e. The number of carbonyl (C=O) groups is 1. The van der Waals surface area contributed by atoms with Crippen molar-refractivity contribution in [1.82, 2.24) is 5.32 Å². The van der Waals surface area contributed by atoms with E-state index in [0.717, 1.165) is 30.8 Å². The summed E-state index contributed by atoms with van der Waals surface area (Å²) < 4.78 is 5.15. The lowest BCUT2D eigenvalue weighted by molar-refractivity contribution is 0.252.